The van der Waals surface area contributed by atoms with E-state index in [1.165, 1.54) is 141 Å². The van der Waals surface area contributed by atoms with Crippen LogP contribution in [0.2, 0.25) is 0 Å². The molecule has 0 heterocycles. The van der Waals surface area contributed by atoms with Gasteiger partial charge in [-0.05, 0) is 83.5 Å². The van der Waals surface area contributed by atoms with Crippen LogP contribution in [0.5, 0.6) is 0 Å². The van der Waals surface area contributed by atoms with Gasteiger partial charge in [0.05, 0.1) is 0 Å². The van der Waals surface area contributed by atoms with Gasteiger partial charge in [-0.1, -0.05) is 247 Å². The highest BCUT2D eigenvalue weighted by Crippen LogP contribution is 2.15. The summed E-state index contributed by atoms with van der Waals surface area (Å²) in [4.78, 5) is 38.1. The number of hydrogen-bond acceptors (Lipinski definition) is 6. The molecule has 0 saturated heterocycles. The molecule has 0 spiro atoms. The summed E-state index contributed by atoms with van der Waals surface area (Å²) in [7, 11) is 0. The molecular formula is C61H104O6. The molecule has 67 heavy (non-hydrogen) atoms. The summed E-state index contributed by atoms with van der Waals surface area (Å²) in [5.41, 5.74) is 0. The number of unbranched alkanes of at least 4 members (excludes halogenated alkanes) is 25. The SMILES string of the molecule is CC/C=C\C/C=C\C/C=C\C/C=C\C/C=C\C/C=C\CCC(=O)OCC(COC(=O)CCCCCCCCCCCCCC)OC(=O)CCCCCCCCC/C=C\CCCCCCCCC. The van der Waals surface area contributed by atoms with Crippen LogP contribution in [-0.2, 0) is 28.6 Å². The molecule has 0 radical (unpaired) electrons. The smallest absolute Gasteiger partial charge is 0.306 e. The standard InChI is InChI=1S/C61H104O6/c1-4-7-10-13-16-19-22-25-27-29-31-33-34-36-39-42-45-48-51-54-60(63)66-57-58(56-65-59(62)53-50-47-44-41-38-24-21-18-15-12-9-6-3)67-61(64)55-52-49-46-43-40-37-35-32-30-28-26-23-20-17-14-11-8-5-2/h7,10,16,19,25,27-28,30-31,33,36,39,45,48,58H,4-6,8-9,11-15,17-18,20-24,26,29,32,34-35,37-38,40-44,46-47,49-57H2,1-3H3/b10-7-,19-16-,27-25-,30-28-,33-31-,39-36-,48-45-. The van der Waals surface area contributed by atoms with Crippen molar-refractivity contribution in [1.82, 2.24) is 0 Å². The summed E-state index contributed by atoms with van der Waals surface area (Å²) in [6.07, 6.45) is 71.5. The number of allylic oxidation sites excluding steroid dienone is 14. The largest absolute Gasteiger partial charge is 0.462 e. The summed E-state index contributed by atoms with van der Waals surface area (Å²) < 4.78 is 16.8. The Hall–Kier alpha value is -3.41. The van der Waals surface area contributed by atoms with E-state index in [9.17, 15) is 14.4 Å². The Kier molecular flexibility index (Phi) is 52.4. The third-order valence-electron chi connectivity index (χ3n) is 11.9. The number of hydrogen-bond donors (Lipinski definition) is 0. The van der Waals surface area contributed by atoms with Crippen LogP contribution < -0.4 is 0 Å². The fraction of sp³-hybridized carbons (Fsp3) is 0.721. The molecule has 1 atom stereocenters. The molecule has 0 aromatic rings. The minimum Gasteiger partial charge on any atom is -0.462 e. The average Bonchev–Trinajstić information content (AvgIpc) is 3.33. The van der Waals surface area contributed by atoms with E-state index in [1.54, 1.807) is 0 Å². The van der Waals surface area contributed by atoms with E-state index >= 15 is 0 Å². The minimum absolute atomic E-state index is 0.0996. The van der Waals surface area contributed by atoms with Crippen LogP contribution in [0.15, 0.2) is 85.1 Å². The predicted octanol–water partition coefficient (Wildman–Crippen LogP) is 18.8. The molecule has 0 aromatic heterocycles. The Morgan fingerprint density at radius 3 is 1.00 bits per heavy atom. The number of esters is 3. The van der Waals surface area contributed by atoms with Gasteiger partial charge in [0.1, 0.15) is 13.2 Å². The zero-order valence-corrected chi connectivity index (χ0v) is 43.9. The summed E-state index contributed by atoms with van der Waals surface area (Å²) >= 11 is 0. The third-order valence-corrected chi connectivity index (χ3v) is 11.9. The molecule has 0 aliphatic rings. The highest BCUT2D eigenvalue weighted by molar-refractivity contribution is 5.71. The number of ether oxygens (including phenoxy) is 3. The first-order valence-electron chi connectivity index (χ1n) is 28.1. The molecule has 6 heteroatoms. The van der Waals surface area contributed by atoms with E-state index in [2.05, 4.69) is 99.8 Å². The van der Waals surface area contributed by atoms with E-state index in [0.29, 0.717) is 19.3 Å². The summed E-state index contributed by atoms with van der Waals surface area (Å²) in [5, 5.41) is 0. The van der Waals surface area contributed by atoms with Crippen molar-refractivity contribution in [2.45, 2.75) is 271 Å². The fourth-order valence-electron chi connectivity index (χ4n) is 7.70. The van der Waals surface area contributed by atoms with E-state index in [1.807, 2.05) is 6.08 Å². The van der Waals surface area contributed by atoms with Crippen molar-refractivity contribution in [2.75, 3.05) is 13.2 Å². The minimum atomic E-state index is -0.808. The highest BCUT2D eigenvalue weighted by atomic mass is 16.6. The van der Waals surface area contributed by atoms with Crippen molar-refractivity contribution in [3.8, 4) is 0 Å². The normalized spacial score (nSPS) is 12.7. The van der Waals surface area contributed by atoms with E-state index in [0.717, 1.165) is 77.0 Å². The predicted molar refractivity (Wildman–Crippen MR) is 288 cm³/mol. The average molecular weight is 933 g/mol. The van der Waals surface area contributed by atoms with Gasteiger partial charge in [-0.3, -0.25) is 14.4 Å². The molecule has 0 fully saturated rings. The lowest BCUT2D eigenvalue weighted by atomic mass is 10.0. The van der Waals surface area contributed by atoms with Crippen molar-refractivity contribution in [3.63, 3.8) is 0 Å². The van der Waals surface area contributed by atoms with Crippen molar-refractivity contribution in [2.24, 2.45) is 0 Å². The van der Waals surface area contributed by atoms with Gasteiger partial charge in [-0.25, -0.2) is 0 Å². The summed E-state index contributed by atoms with van der Waals surface area (Å²) in [6.45, 7) is 6.46. The van der Waals surface area contributed by atoms with Gasteiger partial charge < -0.3 is 14.2 Å². The summed E-state index contributed by atoms with van der Waals surface area (Å²) in [5.74, 6) is -0.987. The van der Waals surface area contributed by atoms with E-state index < -0.39 is 6.10 Å². The first-order chi connectivity index (χ1) is 33.0. The molecule has 0 aliphatic heterocycles. The molecule has 1 unspecified atom stereocenters. The third kappa shape index (κ3) is 53.4. The Labute approximate surface area is 414 Å². The highest BCUT2D eigenvalue weighted by Gasteiger charge is 2.19. The monoisotopic (exact) mass is 933 g/mol. The lowest BCUT2D eigenvalue weighted by Gasteiger charge is -2.18. The van der Waals surface area contributed by atoms with Crippen LogP contribution in [0.4, 0.5) is 0 Å². The number of carbonyl (C=O) groups excluding carboxylic acids is 3. The first-order valence-corrected chi connectivity index (χ1v) is 28.1. The maximum absolute atomic E-state index is 12.8. The Morgan fingerprint density at radius 1 is 0.313 bits per heavy atom. The van der Waals surface area contributed by atoms with Crippen LogP contribution in [0.25, 0.3) is 0 Å². The fourth-order valence-corrected chi connectivity index (χ4v) is 7.70. The molecular weight excluding hydrogens is 829 g/mol. The van der Waals surface area contributed by atoms with Crippen molar-refractivity contribution < 1.29 is 28.6 Å². The number of rotatable bonds is 50. The second kappa shape index (κ2) is 55.2. The topological polar surface area (TPSA) is 78.9 Å². The molecule has 0 amide bonds. The zero-order valence-electron chi connectivity index (χ0n) is 43.9. The van der Waals surface area contributed by atoms with Crippen LogP contribution in [0.1, 0.15) is 265 Å². The van der Waals surface area contributed by atoms with Gasteiger partial charge in [-0.15, -0.1) is 0 Å². The maximum Gasteiger partial charge on any atom is 0.306 e. The summed E-state index contributed by atoms with van der Waals surface area (Å²) in [6, 6.07) is 0. The van der Waals surface area contributed by atoms with Crippen molar-refractivity contribution in [1.29, 1.82) is 0 Å². The van der Waals surface area contributed by atoms with Crippen LogP contribution in [-0.4, -0.2) is 37.2 Å². The van der Waals surface area contributed by atoms with Gasteiger partial charge in [0.25, 0.3) is 0 Å². The molecule has 0 aliphatic carbocycles. The van der Waals surface area contributed by atoms with Gasteiger partial charge in [0, 0.05) is 19.3 Å². The second-order valence-corrected chi connectivity index (χ2v) is 18.5. The van der Waals surface area contributed by atoms with Crippen molar-refractivity contribution in [3.05, 3.63) is 85.1 Å². The van der Waals surface area contributed by atoms with E-state index in [4.69, 9.17) is 14.2 Å². The lowest BCUT2D eigenvalue weighted by Crippen LogP contribution is -2.30. The van der Waals surface area contributed by atoms with Gasteiger partial charge in [0.2, 0.25) is 0 Å². The van der Waals surface area contributed by atoms with Crippen molar-refractivity contribution >= 4 is 17.9 Å². The molecule has 0 bridgehead atoms. The lowest BCUT2D eigenvalue weighted by molar-refractivity contribution is -0.166. The second-order valence-electron chi connectivity index (χ2n) is 18.5. The van der Waals surface area contributed by atoms with Gasteiger partial charge in [-0.2, -0.15) is 0 Å². The van der Waals surface area contributed by atoms with Gasteiger partial charge >= 0.3 is 17.9 Å². The van der Waals surface area contributed by atoms with Gasteiger partial charge in [0.15, 0.2) is 6.10 Å². The molecule has 0 N–H and O–H groups in total. The molecule has 0 aromatic carbocycles. The van der Waals surface area contributed by atoms with Crippen LogP contribution >= 0.6 is 0 Å². The Morgan fingerprint density at radius 2 is 0.612 bits per heavy atom. The molecule has 0 saturated carbocycles. The molecule has 6 nitrogen and oxygen atoms in total. The zero-order chi connectivity index (χ0) is 48.6. The maximum atomic E-state index is 12.8. The Balaban J connectivity index is 4.47. The molecule has 384 valence electrons. The number of carbonyl (C=O) groups is 3. The quantitative estimate of drug-likeness (QED) is 0.0262. The Bertz CT molecular complexity index is 1300. The van der Waals surface area contributed by atoms with Crippen LogP contribution in [0.3, 0.4) is 0 Å². The molecule has 0 rings (SSSR count). The van der Waals surface area contributed by atoms with Crippen LogP contribution in [0, 0.1) is 0 Å². The van der Waals surface area contributed by atoms with E-state index in [-0.39, 0.29) is 37.5 Å². The first kappa shape index (κ1) is 63.6.